The van der Waals surface area contributed by atoms with Gasteiger partial charge in [0.05, 0.1) is 17.2 Å². The van der Waals surface area contributed by atoms with E-state index in [0.717, 1.165) is 23.2 Å². The first-order valence-corrected chi connectivity index (χ1v) is 8.91. The number of anilines is 1. The van der Waals surface area contributed by atoms with E-state index in [0.29, 0.717) is 11.9 Å². The summed E-state index contributed by atoms with van der Waals surface area (Å²) in [5, 5.41) is 0.597. The Balaban J connectivity index is 1.56. The monoisotopic (exact) mass is 347 g/mol. The van der Waals surface area contributed by atoms with Gasteiger partial charge < -0.3 is 4.90 Å². The third-order valence-electron chi connectivity index (χ3n) is 5.10. The third kappa shape index (κ3) is 2.69. The average Bonchev–Trinajstić information content (AvgIpc) is 2.97. The minimum atomic E-state index is -0.0960. The number of para-hydroxylation sites is 2. The molecule has 1 amide bonds. The van der Waals surface area contributed by atoms with E-state index in [1.807, 2.05) is 42.2 Å². The summed E-state index contributed by atoms with van der Waals surface area (Å²) in [6.45, 7) is 4.33. The van der Waals surface area contributed by atoms with E-state index in [-0.39, 0.29) is 23.9 Å². The molecular formula is C21H21N3O2. The van der Waals surface area contributed by atoms with Crippen molar-refractivity contribution < 1.29 is 4.79 Å². The number of benzene rings is 2. The van der Waals surface area contributed by atoms with Gasteiger partial charge >= 0.3 is 0 Å². The summed E-state index contributed by atoms with van der Waals surface area (Å²) < 4.78 is 1.53. The predicted molar refractivity (Wildman–Crippen MR) is 102 cm³/mol. The van der Waals surface area contributed by atoms with Gasteiger partial charge in [-0.2, -0.15) is 0 Å². The number of hydrogen-bond donors (Lipinski definition) is 0. The molecule has 2 aromatic carbocycles. The number of amides is 1. The minimum Gasteiger partial charge on any atom is -0.309 e. The Labute approximate surface area is 151 Å². The summed E-state index contributed by atoms with van der Waals surface area (Å²) in [4.78, 5) is 31.8. The van der Waals surface area contributed by atoms with Gasteiger partial charge in [-0.15, -0.1) is 0 Å². The Bertz CT molecular complexity index is 1050. The summed E-state index contributed by atoms with van der Waals surface area (Å²) >= 11 is 0. The first kappa shape index (κ1) is 16.5. The van der Waals surface area contributed by atoms with Gasteiger partial charge in [-0.3, -0.25) is 14.2 Å². The average molecular weight is 347 g/mol. The van der Waals surface area contributed by atoms with Crippen molar-refractivity contribution in [3.05, 3.63) is 70.3 Å². The number of hydrogen-bond acceptors (Lipinski definition) is 3. The smallest absolute Gasteiger partial charge is 0.261 e. The lowest BCUT2D eigenvalue weighted by Gasteiger charge is -2.23. The maximum atomic E-state index is 12.8. The van der Waals surface area contributed by atoms with Crippen molar-refractivity contribution in [1.29, 1.82) is 0 Å². The third-order valence-corrected chi connectivity index (χ3v) is 5.10. The number of rotatable bonds is 3. The van der Waals surface area contributed by atoms with Crippen LogP contribution in [-0.4, -0.2) is 21.5 Å². The van der Waals surface area contributed by atoms with Gasteiger partial charge in [-0.25, -0.2) is 4.98 Å². The zero-order valence-electron chi connectivity index (χ0n) is 15.0. The second kappa shape index (κ2) is 6.41. The first-order valence-electron chi connectivity index (χ1n) is 8.91. The van der Waals surface area contributed by atoms with Crippen LogP contribution in [0.1, 0.15) is 24.5 Å². The second-order valence-electron chi connectivity index (χ2n) is 6.91. The van der Waals surface area contributed by atoms with E-state index in [9.17, 15) is 9.59 Å². The number of aromatic nitrogens is 2. The minimum absolute atomic E-state index is 0.0405. The van der Waals surface area contributed by atoms with Gasteiger partial charge in [0, 0.05) is 24.7 Å². The molecule has 1 aliphatic heterocycles. The van der Waals surface area contributed by atoms with E-state index in [4.69, 9.17) is 0 Å². The number of carbonyl (C=O) groups is 1. The molecule has 0 unspecified atom stereocenters. The van der Waals surface area contributed by atoms with Gasteiger partial charge in [-0.1, -0.05) is 30.3 Å². The van der Waals surface area contributed by atoms with Crippen LogP contribution in [0.25, 0.3) is 10.9 Å². The van der Waals surface area contributed by atoms with Crippen molar-refractivity contribution in [3.63, 3.8) is 0 Å². The number of nitrogens with zero attached hydrogens (tertiary/aromatic N) is 3. The summed E-state index contributed by atoms with van der Waals surface area (Å²) in [6, 6.07) is 13.7. The van der Waals surface area contributed by atoms with Crippen molar-refractivity contribution in [3.8, 4) is 0 Å². The zero-order valence-corrected chi connectivity index (χ0v) is 15.0. The Kier molecular flexibility index (Phi) is 4.07. The lowest BCUT2D eigenvalue weighted by molar-refractivity contribution is -0.119. The molecule has 0 N–H and O–H groups in total. The van der Waals surface area contributed by atoms with Crippen molar-refractivity contribution in [2.75, 3.05) is 4.90 Å². The lowest BCUT2D eigenvalue weighted by Crippen LogP contribution is -2.36. The van der Waals surface area contributed by atoms with E-state index in [1.54, 1.807) is 12.4 Å². The summed E-state index contributed by atoms with van der Waals surface area (Å²) in [7, 11) is 0. The van der Waals surface area contributed by atoms with Crippen LogP contribution >= 0.6 is 0 Å². The molecule has 1 aromatic heterocycles. The van der Waals surface area contributed by atoms with E-state index in [2.05, 4.69) is 18.0 Å². The molecule has 3 aromatic rings. The fourth-order valence-corrected chi connectivity index (χ4v) is 3.78. The van der Waals surface area contributed by atoms with E-state index in [1.165, 1.54) is 10.1 Å². The second-order valence-corrected chi connectivity index (χ2v) is 6.91. The van der Waals surface area contributed by atoms with Crippen molar-refractivity contribution >= 4 is 22.5 Å². The Hall–Kier alpha value is -2.95. The zero-order chi connectivity index (χ0) is 18.3. The molecule has 0 fully saturated rings. The molecule has 1 aliphatic rings. The highest BCUT2D eigenvalue weighted by Gasteiger charge is 2.30. The number of aryl methyl sites for hydroxylation is 2. The van der Waals surface area contributed by atoms with Crippen LogP contribution in [0.5, 0.6) is 0 Å². The summed E-state index contributed by atoms with van der Waals surface area (Å²) in [5.74, 6) is 0.0405. The topological polar surface area (TPSA) is 55.2 Å². The van der Waals surface area contributed by atoms with Crippen LogP contribution in [-0.2, 0) is 17.8 Å². The van der Waals surface area contributed by atoms with E-state index < -0.39 is 0 Å². The summed E-state index contributed by atoms with van der Waals surface area (Å²) in [6.07, 6.45) is 2.70. The molecule has 0 aliphatic carbocycles. The first-order chi connectivity index (χ1) is 12.6. The standard InChI is InChI=1S/C21H21N3O2/c1-14-6-5-8-17-20(14)22-13-23(21(17)26)11-10-19(25)24-15(2)12-16-7-3-4-9-18(16)24/h3-9,13,15H,10-12H2,1-2H3/t15-/m1/s1. The highest BCUT2D eigenvalue weighted by Crippen LogP contribution is 2.32. The number of fused-ring (bicyclic) bond motifs is 2. The maximum Gasteiger partial charge on any atom is 0.261 e. The molecule has 5 heteroatoms. The molecule has 0 radical (unpaired) electrons. The van der Waals surface area contributed by atoms with Crippen LogP contribution < -0.4 is 10.5 Å². The number of carbonyl (C=O) groups excluding carboxylic acids is 1. The molecular weight excluding hydrogens is 326 g/mol. The van der Waals surface area contributed by atoms with Gasteiger partial charge in [-0.05, 0) is 43.5 Å². The maximum absolute atomic E-state index is 12.8. The van der Waals surface area contributed by atoms with E-state index >= 15 is 0 Å². The van der Waals surface area contributed by atoms with Crippen molar-refractivity contribution in [2.45, 2.75) is 39.3 Å². The van der Waals surface area contributed by atoms with Crippen LogP contribution in [0.15, 0.2) is 53.6 Å². The molecule has 26 heavy (non-hydrogen) atoms. The van der Waals surface area contributed by atoms with Gasteiger partial charge in [0.25, 0.3) is 5.56 Å². The highest BCUT2D eigenvalue weighted by molar-refractivity contribution is 5.96. The van der Waals surface area contributed by atoms with Crippen LogP contribution in [0, 0.1) is 6.92 Å². The largest absolute Gasteiger partial charge is 0.309 e. The summed E-state index contributed by atoms with van der Waals surface area (Å²) in [5.41, 5.74) is 3.80. The Morgan fingerprint density at radius 2 is 2.00 bits per heavy atom. The molecule has 0 bridgehead atoms. The molecule has 132 valence electrons. The van der Waals surface area contributed by atoms with Crippen molar-refractivity contribution in [1.82, 2.24) is 9.55 Å². The predicted octanol–water partition coefficient (Wildman–Crippen LogP) is 3.07. The van der Waals surface area contributed by atoms with Gasteiger partial charge in [0.15, 0.2) is 0 Å². The Morgan fingerprint density at radius 1 is 1.19 bits per heavy atom. The van der Waals surface area contributed by atoms with Crippen LogP contribution in [0.3, 0.4) is 0 Å². The molecule has 4 rings (SSSR count). The van der Waals surface area contributed by atoms with Gasteiger partial charge in [0.1, 0.15) is 0 Å². The molecule has 0 saturated heterocycles. The fraction of sp³-hybridized carbons (Fsp3) is 0.286. The quantitative estimate of drug-likeness (QED) is 0.732. The normalized spacial score (nSPS) is 16.1. The van der Waals surface area contributed by atoms with Crippen molar-refractivity contribution in [2.24, 2.45) is 0 Å². The van der Waals surface area contributed by atoms with Crippen LogP contribution in [0.4, 0.5) is 5.69 Å². The van der Waals surface area contributed by atoms with Gasteiger partial charge in [0.2, 0.25) is 5.91 Å². The molecule has 5 nitrogen and oxygen atoms in total. The fourth-order valence-electron chi connectivity index (χ4n) is 3.78. The molecule has 0 spiro atoms. The Morgan fingerprint density at radius 3 is 2.85 bits per heavy atom. The highest BCUT2D eigenvalue weighted by atomic mass is 16.2. The lowest BCUT2D eigenvalue weighted by atomic mass is 10.1. The molecule has 1 atom stereocenters. The molecule has 0 saturated carbocycles. The van der Waals surface area contributed by atoms with Crippen LogP contribution in [0.2, 0.25) is 0 Å². The molecule has 2 heterocycles. The SMILES string of the molecule is Cc1cccc2c(=O)n(CCC(=O)N3c4ccccc4C[C@H]3C)cnc12.